The van der Waals surface area contributed by atoms with Crippen molar-refractivity contribution in [2.45, 2.75) is 52.6 Å². The summed E-state index contributed by atoms with van der Waals surface area (Å²) in [6, 6.07) is 8.31. The van der Waals surface area contributed by atoms with Crippen molar-refractivity contribution >= 4 is 5.97 Å². The Morgan fingerprint density at radius 2 is 1.83 bits per heavy atom. The van der Waals surface area contributed by atoms with Crippen LogP contribution >= 0.6 is 0 Å². The fourth-order valence-electron chi connectivity index (χ4n) is 1.88. The van der Waals surface area contributed by atoms with Gasteiger partial charge < -0.3 is 4.74 Å². The van der Waals surface area contributed by atoms with Gasteiger partial charge in [-0.25, -0.2) is 0 Å². The van der Waals surface area contributed by atoms with E-state index in [0.29, 0.717) is 0 Å². The van der Waals surface area contributed by atoms with Gasteiger partial charge in [0.15, 0.2) is 0 Å². The lowest BCUT2D eigenvalue weighted by Crippen LogP contribution is -2.30. The molecule has 0 saturated heterocycles. The molecule has 0 N–H and O–H groups in total. The van der Waals surface area contributed by atoms with Gasteiger partial charge in [-0.05, 0) is 45.6 Å². The lowest BCUT2D eigenvalue weighted by molar-refractivity contribution is -0.162. The molecule has 0 aromatic heterocycles. The van der Waals surface area contributed by atoms with Crippen molar-refractivity contribution in [3.05, 3.63) is 35.4 Å². The van der Waals surface area contributed by atoms with Gasteiger partial charge in [0.2, 0.25) is 0 Å². The number of esters is 1. The van der Waals surface area contributed by atoms with E-state index in [1.165, 1.54) is 5.56 Å². The number of hydrogen-bond donors (Lipinski definition) is 0. The number of benzene rings is 1. The molecular formula is C16H22O2. The zero-order valence-corrected chi connectivity index (χ0v) is 11.7. The Kier molecular flexibility index (Phi) is 3.22. The predicted octanol–water partition coefficient (Wildman–Crippen LogP) is 3.96. The minimum Gasteiger partial charge on any atom is -0.454 e. The van der Waals surface area contributed by atoms with Crippen molar-refractivity contribution < 1.29 is 9.53 Å². The fraction of sp³-hybridized carbons (Fsp3) is 0.562. The van der Waals surface area contributed by atoms with Gasteiger partial charge in [-0.15, -0.1) is 0 Å². The van der Waals surface area contributed by atoms with Crippen LogP contribution in [0, 0.1) is 12.3 Å². The second kappa shape index (κ2) is 4.42. The Bertz CT molecular complexity index is 439. The van der Waals surface area contributed by atoms with Crippen LogP contribution in [0.1, 0.15) is 51.2 Å². The molecule has 0 aliphatic heterocycles. The first-order chi connectivity index (χ1) is 8.39. The van der Waals surface area contributed by atoms with Gasteiger partial charge in [0, 0.05) is 0 Å². The van der Waals surface area contributed by atoms with Gasteiger partial charge in [-0.1, -0.05) is 36.8 Å². The zero-order chi connectivity index (χ0) is 13.4. The third-order valence-electron chi connectivity index (χ3n) is 4.01. The van der Waals surface area contributed by atoms with Gasteiger partial charge >= 0.3 is 5.97 Å². The van der Waals surface area contributed by atoms with Gasteiger partial charge in [0.05, 0.1) is 5.41 Å². The highest BCUT2D eigenvalue weighted by molar-refractivity contribution is 5.76. The van der Waals surface area contributed by atoms with Crippen LogP contribution in [-0.2, 0) is 15.1 Å². The Balaban J connectivity index is 2.14. The molecule has 1 aromatic carbocycles. The van der Waals surface area contributed by atoms with Crippen LogP contribution in [0.3, 0.4) is 0 Å². The van der Waals surface area contributed by atoms with Crippen LogP contribution in [0.25, 0.3) is 0 Å². The van der Waals surface area contributed by atoms with E-state index in [4.69, 9.17) is 4.74 Å². The molecule has 1 aromatic rings. The second-order valence-corrected chi connectivity index (χ2v) is 5.99. The third-order valence-corrected chi connectivity index (χ3v) is 4.01. The Morgan fingerprint density at radius 3 is 2.28 bits per heavy atom. The first kappa shape index (κ1) is 13.1. The Hall–Kier alpha value is -1.31. The maximum Gasteiger partial charge on any atom is 0.312 e. The number of hydrogen-bond acceptors (Lipinski definition) is 2. The minimum absolute atomic E-state index is 0.0805. The number of carbonyl (C=O) groups is 1. The highest BCUT2D eigenvalue weighted by Gasteiger charge is 2.50. The quantitative estimate of drug-likeness (QED) is 0.751. The lowest BCUT2D eigenvalue weighted by atomic mass is 9.90. The summed E-state index contributed by atoms with van der Waals surface area (Å²) in [4.78, 5) is 12.2. The molecule has 0 unspecified atom stereocenters. The summed E-state index contributed by atoms with van der Waals surface area (Å²) < 4.78 is 5.79. The standard InChI is InChI=1S/C16H22O2/c1-5-15(3,4)14(17)18-16(10-11-16)13-8-6-12(2)7-9-13/h6-9H,5,10-11H2,1-4H3. The highest BCUT2D eigenvalue weighted by atomic mass is 16.6. The average molecular weight is 246 g/mol. The topological polar surface area (TPSA) is 26.3 Å². The van der Waals surface area contributed by atoms with E-state index < -0.39 is 0 Å². The number of carbonyl (C=O) groups excluding carboxylic acids is 1. The molecule has 1 aliphatic rings. The molecule has 98 valence electrons. The molecule has 1 saturated carbocycles. The molecule has 1 fully saturated rings. The Morgan fingerprint density at radius 1 is 1.28 bits per heavy atom. The van der Waals surface area contributed by atoms with Crippen molar-refractivity contribution in [1.82, 2.24) is 0 Å². The summed E-state index contributed by atoms with van der Waals surface area (Å²) in [5.74, 6) is -0.0805. The van der Waals surface area contributed by atoms with E-state index in [9.17, 15) is 4.79 Å². The molecule has 0 spiro atoms. The first-order valence-corrected chi connectivity index (χ1v) is 6.70. The van der Waals surface area contributed by atoms with Crippen molar-refractivity contribution in [3.63, 3.8) is 0 Å². The van der Waals surface area contributed by atoms with Crippen molar-refractivity contribution in [2.75, 3.05) is 0 Å². The van der Waals surface area contributed by atoms with E-state index >= 15 is 0 Å². The van der Waals surface area contributed by atoms with E-state index in [-0.39, 0.29) is 17.0 Å². The van der Waals surface area contributed by atoms with Crippen LogP contribution in [0.15, 0.2) is 24.3 Å². The molecule has 0 amide bonds. The monoisotopic (exact) mass is 246 g/mol. The number of rotatable bonds is 4. The average Bonchev–Trinajstić information content (AvgIpc) is 3.10. The maximum atomic E-state index is 12.2. The van der Waals surface area contributed by atoms with Crippen LogP contribution in [0.5, 0.6) is 0 Å². The molecule has 0 radical (unpaired) electrons. The largest absolute Gasteiger partial charge is 0.454 e. The summed E-state index contributed by atoms with van der Waals surface area (Å²) >= 11 is 0. The molecule has 1 aliphatic carbocycles. The lowest BCUT2D eigenvalue weighted by Gasteiger charge is -2.25. The first-order valence-electron chi connectivity index (χ1n) is 6.70. The smallest absolute Gasteiger partial charge is 0.312 e. The maximum absolute atomic E-state index is 12.2. The number of ether oxygens (including phenoxy) is 1. The summed E-state index contributed by atoms with van der Waals surface area (Å²) in [7, 11) is 0. The van der Waals surface area contributed by atoms with Crippen molar-refractivity contribution in [3.8, 4) is 0 Å². The molecule has 18 heavy (non-hydrogen) atoms. The summed E-state index contributed by atoms with van der Waals surface area (Å²) in [5, 5.41) is 0. The minimum atomic E-state index is -0.389. The van der Waals surface area contributed by atoms with Crippen LogP contribution in [0.4, 0.5) is 0 Å². The van der Waals surface area contributed by atoms with E-state index in [1.807, 2.05) is 20.8 Å². The predicted molar refractivity (Wildman–Crippen MR) is 72.3 cm³/mol. The second-order valence-electron chi connectivity index (χ2n) is 5.99. The Labute approximate surface area is 109 Å². The summed E-state index contributed by atoms with van der Waals surface area (Å²) in [5.41, 5.74) is 1.64. The molecule has 0 bridgehead atoms. The third kappa shape index (κ3) is 2.43. The van der Waals surface area contributed by atoms with Crippen LogP contribution in [0.2, 0.25) is 0 Å². The normalized spacial score (nSPS) is 17.3. The van der Waals surface area contributed by atoms with Crippen LogP contribution in [-0.4, -0.2) is 5.97 Å². The van der Waals surface area contributed by atoms with E-state index in [1.54, 1.807) is 0 Å². The molecule has 2 heteroatoms. The van der Waals surface area contributed by atoms with Crippen molar-refractivity contribution in [1.29, 1.82) is 0 Å². The van der Waals surface area contributed by atoms with E-state index in [0.717, 1.165) is 24.8 Å². The molecule has 2 nitrogen and oxygen atoms in total. The summed E-state index contributed by atoms with van der Waals surface area (Å²) in [6.07, 6.45) is 2.69. The molecule has 0 heterocycles. The molecule has 2 rings (SSSR count). The summed E-state index contributed by atoms with van der Waals surface area (Å²) in [6.45, 7) is 7.98. The van der Waals surface area contributed by atoms with E-state index in [2.05, 4.69) is 31.2 Å². The van der Waals surface area contributed by atoms with Gasteiger partial charge in [0.25, 0.3) is 0 Å². The molecular weight excluding hydrogens is 224 g/mol. The van der Waals surface area contributed by atoms with Crippen molar-refractivity contribution in [2.24, 2.45) is 5.41 Å². The van der Waals surface area contributed by atoms with Gasteiger partial charge in [-0.3, -0.25) is 4.79 Å². The molecule has 0 atom stereocenters. The van der Waals surface area contributed by atoms with Gasteiger partial charge in [-0.2, -0.15) is 0 Å². The zero-order valence-electron chi connectivity index (χ0n) is 11.7. The van der Waals surface area contributed by atoms with Gasteiger partial charge in [0.1, 0.15) is 5.60 Å². The van der Waals surface area contributed by atoms with Crippen LogP contribution < -0.4 is 0 Å². The fourth-order valence-corrected chi connectivity index (χ4v) is 1.88. The highest BCUT2D eigenvalue weighted by Crippen LogP contribution is 2.50. The number of aryl methyl sites for hydroxylation is 1. The SMILES string of the molecule is CCC(C)(C)C(=O)OC1(c2ccc(C)cc2)CC1.